The largest absolute Gasteiger partial charge is 0.466 e. The topological polar surface area (TPSA) is 29.5 Å². The van der Waals surface area contributed by atoms with Gasteiger partial charge < -0.3 is 9.64 Å². The third-order valence-electron chi connectivity index (χ3n) is 6.06. The van der Waals surface area contributed by atoms with Crippen LogP contribution in [0.4, 0.5) is 0 Å². The van der Waals surface area contributed by atoms with E-state index in [0.29, 0.717) is 12.0 Å². The maximum absolute atomic E-state index is 12.2. The van der Waals surface area contributed by atoms with Crippen molar-refractivity contribution in [1.82, 2.24) is 4.90 Å². The van der Waals surface area contributed by atoms with Crippen LogP contribution in [0.15, 0.2) is 22.7 Å². The predicted molar refractivity (Wildman–Crippen MR) is 93.5 cm³/mol. The van der Waals surface area contributed by atoms with Crippen molar-refractivity contribution in [3.8, 4) is 0 Å². The van der Waals surface area contributed by atoms with Gasteiger partial charge in [-0.3, -0.25) is 4.79 Å². The summed E-state index contributed by atoms with van der Waals surface area (Å²) in [5, 5.41) is 0. The fourth-order valence-corrected chi connectivity index (χ4v) is 5.18. The van der Waals surface area contributed by atoms with Gasteiger partial charge in [0.1, 0.15) is 0 Å². The zero-order valence-corrected chi connectivity index (χ0v) is 15.3. The van der Waals surface area contributed by atoms with Crippen LogP contribution in [0.3, 0.4) is 0 Å². The van der Waals surface area contributed by atoms with Gasteiger partial charge in [-0.1, -0.05) is 28.1 Å². The van der Waals surface area contributed by atoms with Gasteiger partial charge >= 0.3 is 5.97 Å². The van der Waals surface area contributed by atoms with Crippen molar-refractivity contribution in [1.29, 1.82) is 0 Å². The normalized spacial score (nSPS) is 28.1. The summed E-state index contributed by atoms with van der Waals surface area (Å²) < 4.78 is 6.56. The predicted octanol–water partition coefficient (Wildman–Crippen LogP) is 3.68. The maximum Gasteiger partial charge on any atom is 0.313 e. The molecule has 1 saturated carbocycles. The van der Waals surface area contributed by atoms with Gasteiger partial charge in [0.15, 0.2) is 0 Å². The van der Waals surface area contributed by atoms with Crippen LogP contribution in [0.1, 0.15) is 43.7 Å². The number of hydrogen-bond acceptors (Lipinski definition) is 3. The number of fused-ring (bicyclic) bond motifs is 2. The van der Waals surface area contributed by atoms with E-state index in [9.17, 15) is 4.79 Å². The Morgan fingerprint density at radius 1 is 1.30 bits per heavy atom. The lowest BCUT2D eigenvalue weighted by Gasteiger charge is -2.27. The first-order valence-electron chi connectivity index (χ1n) is 8.76. The summed E-state index contributed by atoms with van der Waals surface area (Å²) in [5.41, 5.74) is 3.15. The van der Waals surface area contributed by atoms with Crippen molar-refractivity contribution < 1.29 is 9.53 Å². The second-order valence-electron chi connectivity index (χ2n) is 7.51. The first-order valence-corrected chi connectivity index (χ1v) is 9.55. The molecule has 1 saturated heterocycles. The lowest BCUT2D eigenvalue weighted by Crippen LogP contribution is -2.36. The molecule has 0 aromatic heterocycles. The zero-order valence-electron chi connectivity index (χ0n) is 13.7. The number of ether oxygens (including phenoxy) is 1. The van der Waals surface area contributed by atoms with Crippen LogP contribution in [0.5, 0.6) is 0 Å². The Labute approximate surface area is 146 Å². The number of esters is 1. The Hall–Kier alpha value is -0.870. The molecule has 3 nitrogen and oxygen atoms in total. The zero-order chi connectivity index (χ0) is 16.1. The average molecular weight is 378 g/mol. The van der Waals surface area contributed by atoms with E-state index in [1.807, 2.05) is 6.92 Å². The molecule has 23 heavy (non-hydrogen) atoms. The van der Waals surface area contributed by atoms with E-state index in [2.05, 4.69) is 39.0 Å². The molecule has 1 atom stereocenters. The minimum Gasteiger partial charge on any atom is -0.466 e. The number of benzene rings is 1. The van der Waals surface area contributed by atoms with E-state index in [4.69, 9.17) is 4.74 Å². The van der Waals surface area contributed by atoms with E-state index < -0.39 is 0 Å². The number of nitrogens with zero attached hydrogens (tertiary/aromatic N) is 1. The summed E-state index contributed by atoms with van der Waals surface area (Å²) in [7, 11) is 0. The molecule has 0 radical (unpaired) electrons. The minimum atomic E-state index is -0.194. The highest BCUT2D eigenvalue weighted by Crippen LogP contribution is 2.51. The molecule has 3 aliphatic rings. The summed E-state index contributed by atoms with van der Waals surface area (Å²) in [6.07, 6.45) is 5.63. The molecule has 1 spiro atoms. The molecule has 1 aliphatic heterocycles. The second kappa shape index (κ2) is 5.59. The Kier molecular flexibility index (Phi) is 3.80. The van der Waals surface area contributed by atoms with Crippen molar-refractivity contribution in [2.75, 3.05) is 26.2 Å². The molecular weight excluding hydrogens is 354 g/mol. The molecular formula is C19H24BrNO2. The number of rotatable bonds is 4. The third kappa shape index (κ3) is 2.54. The van der Waals surface area contributed by atoms with Gasteiger partial charge in [0.25, 0.3) is 0 Å². The molecule has 1 aromatic rings. The van der Waals surface area contributed by atoms with Gasteiger partial charge in [0.2, 0.25) is 0 Å². The molecule has 124 valence electrons. The van der Waals surface area contributed by atoms with Crippen LogP contribution in [0.25, 0.3) is 0 Å². The lowest BCUT2D eigenvalue weighted by molar-refractivity contribution is -0.150. The highest BCUT2D eigenvalue weighted by molar-refractivity contribution is 9.10. The molecule has 4 rings (SSSR count). The monoisotopic (exact) mass is 377 g/mol. The maximum atomic E-state index is 12.2. The molecule has 2 fully saturated rings. The van der Waals surface area contributed by atoms with Crippen LogP contribution in [0.2, 0.25) is 0 Å². The summed E-state index contributed by atoms with van der Waals surface area (Å²) in [6.45, 7) is 5.47. The van der Waals surface area contributed by atoms with Crippen molar-refractivity contribution in [3.63, 3.8) is 0 Å². The van der Waals surface area contributed by atoms with Gasteiger partial charge in [-0.2, -0.15) is 0 Å². The molecule has 0 bridgehead atoms. The van der Waals surface area contributed by atoms with E-state index >= 15 is 0 Å². The third-order valence-corrected chi connectivity index (χ3v) is 6.81. The molecule has 1 aromatic carbocycles. The number of carbonyl (C=O) groups is 1. The van der Waals surface area contributed by atoms with Crippen LogP contribution in [-0.2, 0) is 21.4 Å². The molecule has 0 N–H and O–H groups in total. The quantitative estimate of drug-likeness (QED) is 0.749. The van der Waals surface area contributed by atoms with Crippen LogP contribution in [0, 0.1) is 5.41 Å². The first-order chi connectivity index (χ1) is 11.1. The van der Waals surface area contributed by atoms with Crippen molar-refractivity contribution in [2.45, 2.75) is 44.4 Å². The number of carbonyl (C=O) groups excluding carboxylic acids is 1. The number of hydrogen-bond donors (Lipinski definition) is 0. The molecule has 0 amide bonds. The molecule has 1 heterocycles. The number of halogens is 1. The van der Waals surface area contributed by atoms with Gasteiger partial charge in [-0.15, -0.1) is 0 Å². The first kappa shape index (κ1) is 15.6. The SMILES string of the molecule is CCOC(=O)C1(CN2CCC3(CCc4c(Br)cccc43)C2)CC1. The fraction of sp³-hybridized carbons (Fsp3) is 0.632. The van der Waals surface area contributed by atoms with Crippen LogP contribution >= 0.6 is 15.9 Å². The Morgan fingerprint density at radius 3 is 2.87 bits per heavy atom. The molecule has 4 heteroatoms. The van der Waals surface area contributed by atoms with Gasteiger partial charge in [0, 0.05) is 23.0 Å². The Bertz CT molecular complexity index is 640. The summed E-state index contributed by atoms with van der Waals surface area (Å²) in [5.74, 6) is 0.0236. The smallest absolute Gasteiger partial charge is 0.313 e. The Balaban J connectivity index is 1.49. The minimum absolute atomic E-state index is 0.0236. The Morgan fingerprint density at radius 2 is 2.13 bits per heavy atom. The van der Waals surface area contributed by atoms with E-state index in [0.717, 1.165) is 32.5 Å². The van der Waals surface area contributed by atoms with Gasteiger partial charge in [0.05, 0.1) is 12.0 Å². The average Bonchev–Trinajstić information content (AvgIpc) is 3.07. The summed E-state index contributed by atoms with van der Waals surface area (Å²) >= 11 is 3.71. The van der Waals surface area contributed by atoms with Crippen molar-refractivity contribution >= 4 is 21.9 Å². The second-order valence-corrected chi connectivity index (χ2v) is 8.36. The summed E-state index contributed by atoms with van der Waals surface area (Å²) in [6, 6.07) is 6.64. The van der Waals surface area contributed by atoms with Crippen LogP contribution in [-0.4, -0.2) is 37.1 Å². The highest BCUT2D eigenvalue weighted by Gasteiger charge is 2.54. The standard InChI is InChI=1S/C19H24BrNO2/c1-2-23-17(22)19(8-9-19)13-21-11-10-18(12-21)7-6-14-15(18)4-3-5-16(14)20/h3-5H,2,6-13H2,1H3. The lowest BCUT2D eigenvalue weighted by atomic mass is 9.81. The van der Waals surface area contributed by atoms with Crippen molar-refractivity contribution in [2.24, 2.45) is 5.41 Å². The van der Waals surface area contributed by atoms with Gasteiger partial charge in [-0.05, 0) is 62.8 Å². The van der Waals surface area contributed by atoms with Crippen molar-refractivity contribution in [3.05, 3.63) is 33.8 Å². The highest BCUT2D eigenvalue weighted by atomic mass is 79.9. The van der Waals surface area contributed by atoms with Gasteiger partial charge in [-0.25, -0.2) is 0 Å². The van der Waals surface area contributed by atoms with E-state index in [1.165, 1.54) is 34.9 Å². The molecule has 1 unspecified atom stereocenters. The van der Waals surface area contributed by atoms with Crippen LogP contribution < -0.4 is 0 Å². The van der Waals surface area contributed by atoms with E-state index in [-0.39, 0.29) is 11.4 Å². The van der Waals surface area contributed by atoms with E-state index in [1.54, 1.807) is 0 Å². The number of likely N-dealkylation sites (tertiary alicyclic amines) is 1. The molecule has 2 aliphatic carbocycles. The fourth-order valence-electron chi connectivity index (χ4n) is 4.62. The summed E-state index contributed by atoms with van der Waals surface area (Å²) in [4.78, 5) is 14.7.